The largest absolute Gasteiger partial charge is 0.463 e. The second kappa shape index (κ2) is 6.20. The van der Waals surface area contributed by atoms with E-state index in [0.717, 1.165) is 11.3 Å². The highest BCUT2D eigenvalue weighted by Gasteiger charge is 2.21. The molecule has 0 unspecified atom stereocenters. The lowest BCUT2D eigenvalue weighted by Gasteiger charge is -2.06. The Morgan fingerprint density at radius 2 is 1.92 bits per heavy atom. The number of furan rings is 1. The third kappa shape index (κ3) is 3.15. The van der Waals surface area contributed by atoms with Gasteiger partial charge in [-0.25, -0.2) is 4.79 Å². The molecule has 0 fully saturated rings. The third-order valence-corrected chi connectivity index (χ3v) is 4.44. The molecule has 0 aliphatic rings. The zero-order valence-electron chi connectivity index (χ0n) is 12.5. The molecule has 2 heterocycles. The zero-order chi connectivity index (χ0) is 17.2. The summed E-state index contributed by atoms with van der Waals surface area (Å²) < 4.78 is 36.4. The van der Waals surface area contributed by atoms with Crippen LogP contribution in [-0.2, 0) is 14.8 Å². The topological polar surface area (TPSA) is 114 Å². The number of sulfonamides is 1. The summed E-state index contributed by atoms with van der Waals surface area (Å²) in [5, 5.41) is 6.30. The molecule has 3 rings (SSSR count). The lowest BCUT2D eigenvalue weighted by molar-refractivity contribution is 0.0559. The summed E-state index contributed by atoms with van der Waals surface area (Å²) >= 11 is 0. The van der Waals surface area contributed by atoms with Gasteiger partial charge in [-0.15, -0.1) is 0 Å². The summed E-state index contributed by atoms with van der Waals surface area (Å²) in [7, 11) is -2.77. The number of hydrogen-bond donors (Lipinski definition) is 2. The molecule has 2 aromatic heterocycles. The predicted molar refractivity (Wildman–Crippen MR) is 84.9 cm³/mol. The van der Waals surface area contributed by atoms with Crippen molar-refractivity contribution in [3.8, 4) is 11.3 Å². The van der Waals surface area contributed by atoms with E-state index in [2.05, 4.69) is 19.7 Å². The molecule has 0 amide bonds. The van der Waals surface area contributed by atoms with E-state index in [1.165, 1.54) is 19.2 Å². The van der Waals surface area contributed by atoms with Crippen LogP contribution in [0.25, 0.3) is 11.3 Å². The Hall–Kier alpha value is -3.07. The van der Waals surface area contributed by atoms with Crippen LogP contribution in [0, 0.1) is 0 Å². The fourth-order valence-electron chi connectivity index (χ4n) is 2.01. The Bertz CT molecular complexity index is 943. The molecular weight excluding hydrogens is 334 g/mol. The molecule has 3 aromatic rings. The lowest BCUT2D eigenvalue weighted by atomic mass is 10.1. The molecule has 0 saturated heterocycles. The van der Waals surface area contributed by atoms with Crippen molar-refractivity contribution < 1.29 is 22.4 Å². The molecule has 0 saturated carbocycles. The van der Waals surface area contributed by atoms with Crippen molar-refractivity contribution in [3.63, 3.8) is 0 Å². The minimum absolute atomic E-state index is 0.188. The minimum Gasteiger partial charge on any atom is -0.463 e. The first-order valence-corrected chi connectivity index (χ1v) is 8.29. The van der Waals surface area contributed by atoms with Crippen LogP contribution in [0.3, 0.4) is 0 Å². The van der Waals surface area contributed by atoms with E-state index >= 15 is 0 Å². The monoisotopic (exact) mass is 347 g/mol. The Labute approximate surface area is 137 Å². The van der Waals surface area contributed by atoms with Gasteiger partial charge in [-0.1, -0.05) is 12.1 Å². The lowest BCUT2D eigenvalue weighted by Crippen LogP contribution is -2.12. The number of benzene rings is 1. The second-order valence-electron chi connectivity index (χ2n) is 4.76. The third-order valence-electron chi connectivity index (χ3n) is 3.18. The minimum atomic E-state index is -3.95. The van der Waals surface area contributed by atoms with E-state index < -0.39 is 16.0 Å². The molecule has 9 heteroatoms. The van der Waals surface area contributed by atoms with Gasteiger partial charge in [0.1, 0.15) is 0 Å². The van der Waals surface area contributed by atoms with Crippen molar-refractivity contribution in [2.45, 2.75) is 5.09 Å². The van der Waals surface area contributed by atoms with E-state index in [9.17, 15) is 13.2 Å². The highest BCUT2D eigenvalue weighted by molar-refractivity contribution is 7.92. The summed E-state index contributed by atoms with van der Waals surface area (Å²) in [6.45, 7) is 0. The highest BCUT2D eigenvalue weighted by atomic mass is 32.2. The number of aromatic nitrogens is 2. The molecule has 0 radical (unpaired) electrons. The Morgan fingerprint density at radius 1 is 1.17 bits per heavy atom. The molecule has 0 spiro atoms. The van der Waals surface area contributed by atoms with Crippen LogP contribution in [-0.4, -0.2) is 31.7 Å². The number of ether oxygens (including phenoxy) is 1. The first kappa shape index (κ1) is 15.8. The van der Waals surface area contributed by atoms with Gasteiger partial charge < -0.3 is 9.15 Å². The van der Waals surface area contributed by atoms with Crippen LogP contribution < -0.4 is 4.72 Å². The molecule has 0 atom stereocenters. The van der Waals surface area contributed by atoms with Crippen molar-refractivity contribution in [1.29, 1.82) is 0 Å². The number of anilines is 1. The molecule has 2 N–H and O–H groups in total. The van der Waals surface area contributed by atoms with Crippen molar-refractivity contribution in [3.05, 3.63) is 54.4 Å². The zero-order valence-corrected chi connectivity index (χ0v) is 13.3. The summed E-state index contributed by atoms with van der Waals surface area (Å²) in [5.41, 5.74) is 2.04. The fraction of sp³-hybridized carbons (Fsp3) is 0.0667. The Kier molecular flexibility index (Phi) is 4.09. The summed E-state index contributed by atoms with van der Waals surface area (Å²) in [6, 6.07) is 10.9. The number of aromatic amines is 1. The normalized spacial score (nSPS) is 11.2. The Balaban J connectivity index is 1.79. The summed E-state index contributed by atoms with van der Waals surface area (Å²) in [6.07, 6.45) is 1.63. The molecule has 124 valence electrons. The molecule has 8 nitrogen and oxygen atoms in total. The molecule has 0 aliphatic carbocycles. The van der Waals surface area contributed by atoms with Crippen molar-refractivity contribution in [1.82, 2.24) is 10.2 Å². The van der Waals surface area contributed by atoms with Crippen LogP contribution in [0.1, 0.15) is 10.6 Å². The first-order chi connectivity index (χ1) is 11.5. The van der Waals surface area contributed by atoms with Crippen molar-refractivity contribution >= 4 is 21.7 Å². The average Bonchev–Trinajstić information content (AvgIpc) is 3.26. The SMILES string of the molecule is COC(=O)c1ccc(S(=O)(=O)Nc2ccc(-c3ccn[nH]3)cc2)o1. The van der Waals surface area contributed by atoms with Gasteiger partial charge in [0, 0.05) is 11.9 Å². The van der Waals surface area contributed by atoms with Gasteiger partial charge in [-0.3, -0.25) is 9.82 Å². The Morgan fingerprint density at radius 3 is 2.54 bits per heavy atom. The number of nitrogens with zero attached hydrogens (tertiary/aromatic N) is 1. The van der Waals surface area contributed by atoms with Crippen LogP contribution in [0.4, 0.5) is 5.69 Å². The summed E-state index contributed by atoms with van der Waals surface area (Å²) in [5.74, 6) is -0.937. The predicted octanol–water partition coefficient (Wildman–Crippen LogP) is 2.26. The molecular formula is C15H13N3O5S. The molecule has 1 aromatic carbocycles. The van der Waals surface area contributed by atoms with Gasteiger partial charge in [0.05, 0.1) is 12.8 Å². The van der Waals surface area contributed by atoms with Gasteiger partial charge in [0.2, 0.25) is 10.9 Å². The van der Waals surface area contributed by atoms with E-state index in [1.54, 1.807) is 36.5 Å². The number of H-pyrrole nitrogens is 1. The van der Waals surface area contributed by atoms with E-state index in [4.69, 9.17) is 4.42 Å². The second-order valence-corrected chi connectivity index (χ2v) is 6.38. The number of hydrogen-bond acceptors (Lipinski definition) is 6. The van der Waals surface area contributed by atoms with Gasteiger partial charge >= 0.3 is 5.97 Å². The number of carbonyl (C=O) groups excluding carboxylic acids is 1. The highest BCUT2D eigenvalue weighted by Crippen LogP contribution is 2.22. The number of carbonyl (C=O) groups is 1. The van der Waals surface area contributed by atoms with Gasteiger partial charge in [-0.2, -0.15) is 13.5 Å². The number of esters is 1. The van der Waals surface area contributed by atoms with Gasteiger partial charge in [0.25, 0.3) is 10.0 Å². The molecule has 0 aliphatic heterocycles. The fourth-order valence-corrected chi connectivity index (χ4v) is 3.01. The van der Waals surface area contributed by atoms with Crippen molar-refractivity contribution in [2.75, 3.05) is 11.8 Å². The maximum atomic E-state index is 12.3. The van der Waals surface area contributed by atoms with Crippen LogP contribution in [0.5, 0.6) is 0 Å². The van der Waals surface area contributed by atoms with Crippen LogP contribution >= 0.6 is 0 Å². The van der Waals surface area contributed by atoms with Crippen molar-refractivity contribution in [2.24, 2.45) is 0 Å². The van der Waals surface area contributed by atoms with E-state index in [1.807, 2.05) is 0 Å². The van der Waals surface area contributed by atoms with Crippen LogP contribution in [0.15, 0.2) is 58.2 Å². The smallest absolute Gasteiger partial charge is 0.374 e. The van der Waals surface area contributed by atoms with E-state index in [-0.39, 0.29) is 10.9 Å². The average molecular weight is 347 g/mol. The van der Waals surface area contributed by atoms with Gasteiger partial charge in [0.15, 0.2) is 0 Å². The maximum absolute atomic E-state index is 12.3. The summed E-state index contributed by atoms with van der Waals surface area (Å²) in [4.78, 5) is 11.3. The number of rotatable bonds is 5. The van der Waals surface area contributed by atoms with Gasteiger partial charge in [-0.05, 0) is 35.9 Å². The quantitative estimate of drug-likeness (QED) is 0.684. The van der Waals surface area contributed by atoms with Crippen LogP contribution in [0.2, 0.25) is 0 Å². The molecule has 0 bridgehead atoms. The first-order valence-electron chi connectivity index (χ1n) is 6.80. The van der Waals surface area contributed by atoms with E-state index in [0.29, 0.717) is 5.69 Å². The maximum Gasteiger partial charge on any atom is 0.374 e. The number of methoxy groups -OCH3 is 1. The number of nitrogens with one attached hydrogen (secondary N) is 2. The molecule has 24 heavy (non-hydrogen) atoms. The standard InChI is InChI=1S/C15H13N3O5S/c1-22-15(19)13-6-7-14(23-13)24(20,21)18-11-4-2-10(3-5-11)12-8-9-16-17-12/h2-9,18H,1H3,(H,16,17).